The molecule has 1 aromatic heterocycles. The number of amidine groups is 1. The Labute approximate surface area is 120 Å². The van der Waals surface area contributed by atoms with Crippen LogP contribution in [0.25, 0.3) is 0 Å². The lowest BCUT2D eigenvalue weighted by atomic mass is 10.1. The number of aryl methyl sites for hydroxylation is 1. The Bertz CT molecular complexity index is 632. The van der Waals surface area contributed by atoms with Gasteiger partial charge in [-0.25, -0.2) is 0 Å². The van der Waals surface area contributed by atoms with Crippen LogP contribution in [0.5, 0.6) is 0 Å². The van der Waals surface area contributed by atoms with Gasteiger partial charge in [0.15, 0.2) is 5.84 Å². The third kappa shape index (κ3) is 3.16. The van der Waals surface area contributed by atoms with Crippen molar-refractivity contribution in [3.8, 4) is 0 Å². The summed E-state index contributed by atoms with van der Waals surface area (Å²) in [6.45, 7) is 2.53. The number of hydrogen-bond acceptors (Lipinski definition) is 4. The first-order valence-electron chi connectivity index (χ1n) is 5.99. The lowest BCUT2D eigenvalue weighted by Crippen LogP contribution is -2.23. The molecule has 0 aliphatic rings. The van der Waals surface area contributed by atoms with Gasteiger partial charge in [0.2, 0.25) is 0 Å². The first kappa shape index (κ1) is 14.1. The van der Waals surface area contributed by atoms with Crippen LogP contribution in [-0.2, 0) is 6.54 Å². The molecule has 4 N–H and O–H groups in total. The summed E-state index contributed by atoms with van der Waals surface area (Å²) in [4.78, 5) is 12.0. The highest BCUT2D eigenvalue weighted by atomic mass is 32.1. The number of carbonyl (C=O) groups excluding carboxylic acids is 1. The van der Waals surface area contributed by atoms with E-state index in [2.05, 4.69) is 10.5 Å². The molecule has 104 valence electrons. The molecule has 2 rings (SSSR count). The van der Waals surface area contributed by atoms with Crippen molar-refractivity contribution in [3.05, 3.63) is 57.3 Å². The van der Waals surface area contributed by atoms with Crippen molar-refractivity contribution in [3.63, 3.8) is 0 Å². The highest BCUT2D eigenvalue weighted by molar-refractivity contribution is 7.08. The lowest BCUT2D eigenvalue weighted by Gasteiger charge is -2.06. The predicted octanol–water partition coefficient (Wildman–Crippen LogP) is 2.08. The van der Waals surface area contributed by atoms with Crippen LogP contribution >= 0.6 is 11.3 Å². The Hall–Kier alpha value is -2.34. The van der Waals surface area contributed by atoms with Gasteiger partial charge in [0, 0.05) is 17.7 Å². The Kier molecular flexibility index (Phi) is 4.37. The second kappa shape index (κ2) is 6.21. The van der Waals surface area contributed by atoms with Gasteiger partial charge in [-0.3, -0.25) is 4.79 Å². The molecule has 1 heterocycles. The Morgan fingerprint density at radius 3 is 2.50 bits per heavy atom. The number of nitrogens with zero attached hydrogens (tertiary/aromatic N) is 1. The van der Waals surface area contributed by atoms with Crippen molar-refractivity contribution in [2.45, 2.75) is 13.5 Å². The Morgan fingerprint density at radius 2 is 1.95 bits per heavy atom. The third-order valence-electron chi connectivity index (χ3n) is 2.95. The first-order valence-corrected chi connectivity index (χ1v) is 6.94. The average molecular weight is 289 g/mol. The van der Waals surface area contributed by atoms with Gasteiger partial charge < -0.3 is 16.3 Å². The van der Waals surface area contributed by atoms with E-state index in [4.69, 9.17) is 10.9 Å². The van der Waals surface area contributed by atoms with E-state index in [0.29, 0.717) is 17.7 Å². The SMILES string of the molecule is Cc1cscc1CNC(=O)c1ccc(/C(N)=N/O)cc1. The number of amides is 1. The van der Waals surface area contributed by atoms with Crippen molar-refractivity contribution >= 4 is 23.1 Å². The number of thiophene rings is 1. The summed E-state index contributed by atoms with van der Waals surface area (Å²) in [6.07, 6.45) is 0. The first-order chi connectivity index (χ1) is 9.61. The van der Waals surface area contributed by atoms with E-state index < -0.39 is 0 Å². The summed E-state index contributed by atoms with van der Waals surface area (Å²) in [5.41, 5.74) is 8.86. The molecule has 20 heavy (non-hydrogen) atoms. The number of oxime groups is 1. The van der Waals surface area contributed by atoms with Crippen LogP contribution in [0.2, 0.25) is 0 Å². The molecule has 1 amide bonds. The summed E-state index contributed by atoms with van der Waals surface area (Å²) in [6, 6.07) is 6.56. The largest absolute Gasteiger partial charge is 0.409 e. The zero-order chi connectivity index (χ0) is 14.5. The second-order valence-electron chi connectivity index (χ2n) is 4.33. The van der Waals surface area contributed by atoms with Crippen molar-refractivity contribution in [1.29, 1.82) is 0 Å². The minimum atomic E-state index is -0.151. The molecule has 0 aliphatic heterocycles. The molecule has 0 fully saturated rings. The molecular formula is C14H15N3O2S. The highest BCUT2D eigenvalue weighted by Crippen LogP contribution is 2.13. The van der Waals surface area contributed by atoms with Crippen molar-refractivity contribution < 1.29 is 10.0 Å². The third-order valence-corrected chi connectivity index (χ3v) is 3.86. The van der Waals surface area contributed by atoms with E-state index in [1.165, 1.54) is 5.56 Å². The molecule has 0 saturated carbocycles. The van der Waals surface area contributed by atoms with Crippen LogP contribution in [0, 0.1) is 6.92 Å². The van der Waals surface area contributed by atoms with Crippen LogP contribution in [0.1, 0.15) is 27.0 Å². The average Bonchev–Trinajstić information content (AvgIpc) is 2.89. The van der Waals surface area contributed by atoms with Crippen LogP contribution < -0.4 is 11.1 Å². The van der Waals surface area contributed by atoms with E-state index >= 15 is 0 Å². The van der Waals surface area contributed by atoms with Crippen LogP contribution in [0.15, 0.2) is 40.2 Å². The van der Waals surface area contributed by atoms with E-state index in [9.17, 15) is 4.79 Å². The molecule has 0 saturated heterocycles. The standard InChI is InChI=1S/C14H15N3O2S/c1-9-7-20-8-12(9)6-16-14(18)11-4-2-10(3-5-11)13(15)17-19/h2-5,7-8,19H,6H2,1H3,(H2,15,17)(H,16,18). The monoisotopic (exact) mass is 289 g/mol. The fraction of sp³-hybridized carbons (Fsp3) is 0.143. The van der Waals surface area contributed by atoms with Gasteiger partial charge in [-0.05, 0) is 40.9 Å². The van der Waals surface area contributed by atoms with Crippen LogP contribution in [0.3, 0.4) is 0 Å². The second-order valence-corrected chi connectivity index (χ2v) is 5.07. The number of hydrogen-bond donors (Lipinski definition) is 3. The molecular weight excluding hydrogens is 274 g/mol. The van der Waals surface area contributed by atoms with Gasteiger partial charge in [0.1, 0.15) is 0 Å². The van der Waals surface area contributed by atoms with Gasteiger partial charge in [-0.15, -0.1) is 0 Å². The summed E-state index contributed by atoms with van der Waals surface area (Å²) in [5, 5.41) is 18.4. The maximum atomic E-state index is 12.0. The smallest absolute Gasteiger partial charge is 0.251 e. The molecule has 0 aliphatic carbocycles. The summed E-state index contributed by atoms with van der Waals surface area (Å²) in [7, 11) is 0. The number of carbonyl (C=O) groups is 1. The molecule has 0 bridgehead atoms. The van der Waals surface area contributed by atoms with E-state index in [0.717, 1.165) is 5.56 Å². The molecule has 0 unspecified atom stereocenters. The normalized spacial score (nSPS) is 11.3. The molecule has 5 nitrogen and oxygen atoms in total. The van der Waals surface area contributed by atoms with Crippen molar-refractivity contribution in [1.82, 2.24) is 5.32 Å². The Balaban J connectivity index is 2.01. The number of rotatable bonds is 4. The minimum absolute atomic E-state index is 0.0193. The summed E-state index contributed by atoms with van der Waals surface area (Å²) >= 11 is 1.62. The van der Waals surface area contributed by atoms with E-state index in [-0.39, 0.29) is 11.7 Å². The molecule has 2 aromatic rings. The molecule has 0 atom stereocenters. The maximum Gasteiger partial charge on any atom is 0.251 e. The van der Waals surface area contributed by atoms with Gasteiger partial charge in [0.25, 0.3) is 5.91 Å². The molecule has 1 aromatic carbocycles. The zero-order valence-electron chi connectivity index (χ0n) is 11.0. The fourth-order valence-electron chi connectivity index (χ4n) is 1.70. The predicted molar refractivity (Wildman–Crippen MR) is 79.2 cm³/mol. The van der Waals surface area contributed by atoms with Gasteiger partial charge in [-0.1, -0.05) is 17.3 Å². The molecule has 0 radical (unpaired) electrons. The van der Waals surface area contributed by atoms with Gasteiger partial charge in [0.05, 0.1) is 0 Å². The van der Waals surface area contributed by atoms with Crippen molar-refractivity contribution in [2.75, 3.05) is 0 Å². The molecule has 0 spiro atoms. The number of nitrogens with one attached hydrogen (secondary N) is 1. The Morgan fingerprint density at radius 1 is 1.30 bits per heavy atom. The fourth-order valence-corrected chi connectivity index (χ4v) is 2.55. The summed E-state index contributed by atoms with van der Waals surface area (Å²) in [5.74, 6) is -0.132. The van der Waals surface area contributed by atoms with Crippen LogP contribution in [0.4, 0.5) is 0 Å². The number of nitrogens with two attached hydrogens (primary N) is 1. The maximum absolute atomic E-state index is 12.0. The summed E-state index contributed by atoms with van der Waals surface area (Å²) < 4.78 is 0. The minimum Gasteiger partial charge on any atom is -0.409 e. The van der Waals surface area contributed by atoms with E-state index in [1.54, 1.807) is 35.6 Å². The van der Waals surface area contributed by atoms with Gasteiger partial charge in [-0.2, -0.15) is 11.3 Å². The van der Waals surface area contributed by atoms with E-state index in [1.807, 2.05) is 17.7 Å². The topological polar surface area (TPSA) is 87.7 Å². The highest BCUT2D eigenvalue weighted by Gasteiger charge is 2.07. The quantitative estimate of drug-likeness (QED) is 0.348. The van der Waals surface area contributed by atoms with Crippen LogP contribution in [-0.4, -0.2) is 17.0 Å². The molecule has 6 heteroatoms. The van der Waals surface area contributed by atoms with Crippen molar-refractivity contribution in [2.24, 2.45) is 10.9 Å². The lowest BCUT2D eigenvalue weighted by molar-refractivity contribution is 0.0951. The zero-order valence-corrected chi connectivity index (χ0v) is 11.8. The number of benzene rings is 1. The van der Waals surface area contributed by atoms with Gasteiger partial charge >= 0.3 is 0 Å².